The van der Waals surface area contributed by atoms with Crippen molar-refractivity contribution in [2.45, 2.75) is 19.8 Å². The smallest absolute Gasteiger partial charge is 0.276 e. The van der Waals surface area contributed by atoms with Crippen LogP contribution in [-0.4, -0.2) is 34.7 Å². The molecule has 0 aliphatic carbocycles. The van der Waals surface area contributed by atoms with Gasteiger partial charge in [-0.2, -0.15) is 5.10 Å². The van der Waals surface area contributed by atoms with Gasteiger partial charge in [0, 0.05) is 23.5 Å². The number of methoxy groups -OCH3 is 2. The Balaban J connectivity index is 1.65. The molecule has 1 N–H and O–H groups in total. The molecular weight excluding hydrogens is 392 g/mol. The van der Waals surface area contributed by atoms with Gasteiger partial charge in [0.15, 0.2) is 22.8 Å². The number of nitrogens with zero attached hydrogens (tertiary/aromatic N) is 3. The Kier molecular flexibility index (Phi) is 5.58. The first kappa shape index (κ1) is 20.4. The molecule has 0 saturated carbocycles. The molecule has 0 bridgehead atoms. The minimum Gasteiger partial charge on any atom is -0.493 e. The number of fused-ring (bicyclic) bond motifs is 1. The second-order valence-corrected chi connectivity index (χ2v) is 7.43. The van der Waals surface area contributed by atoms with Crippen LogP contribution in [0.1, 0.15) is 35.8 Å². The lowest BCUT2D eigenvalue weighted by Gasteiger charge is -2.10. The zero-order valence-corrected chi connectivity index (χ0v) is 17.9. The van der Waals surface area contributed by atoms with Crippen molar-refractivity contribution in [1.82, 2.24) is 14.6 Å². The van der Waals surface area contributed by atoms with Gasteiger partial charge in [-0.1, -0.05) is 26.0 Å². The van der Waals surface area contributed by atoms with Crippen LogP contribution < -0.4 is 14.8 Å². The molecular formula is C24H24N4O3. The van der Waals surface area contributed by atoms with E-state index in [4.69, 9.17) is 9.47 Å². The zero-order valence-electron chi connectivity index (χ0n) is 17.9. The Labute approximate surface area is 180 Å². The SMILES string of the molecule is COc1ccc(-c2ccnc3cc(C(=O)Nc4ccc(C(C)C)cc4)nn23)cc1OC. The third kappa shape index (κ3) is 4.07. The molecule has 31 heavy (non-hydrogen) atoms. The van der Waals surface area contributed by atoms with Crippen LogP contribution in [0.15, 0.2) is 60.8 Å². The number of ether oxygens (including phenoxy) is 2. The van der Waals surface area contributed by atoms with Crippen molar-refractivity contribution in [2.75, 3.05) is 19.5 Å². The molecule has 0 saturated heterocycles. The van der Waals surface area contributed by atoms with Crippen LogP contribution in [0, 0.1) is 0 Å². The zero-order chi connectivity index (χ0) is 22.0. The Morgan fingerprint density at radius 3 is 2.39 bits per heavy atom. The summed E-state index contributed by atoms with van der Waals surface area (Å²) in [5.41, 5.74) is 4.45. The van der Waals surface area contributed by atoms with E-state index < -0.39 is 0 Å². The summed E-state index contributed by atoms with van der Waals surface area (Å²) in [7, 11) is 3.19. The highest BCUT2D eigenvalue weighted by molar-refractivity contribution is 6.03. The highest BCUT2D eigenvalue weighted by Gasteiger charge is 2.15. The lowest BCUT2D eigenvalue weighted by Crippen LogP contribution is -2.12. The van der Waals surface area contributed by atoms with Gasteiger partial charge in [-0.15, -0.1) is 0 Å². The Hall–Kier alpha value is -3.87. The Morgan fingerprint density at radius 1 is 0.968 bits per heavy atom. The van der Waals surface area contributed by atoms with Crippen LogP contribution >= 0.6 is 0 Å². The summed E-state index contributed by atoms with van der Waals surface area (Å²) in [6.45, 7) is 4.26. The first-order valence-electron chi connectivity index (χ1n) is 9.98. The summed E-state index contributed by atoms with van der Waals surface area (Å²) in [5, 5.41) is 7.40. The molecule has 7 nitrogen and oxygen atoms in total. The number of hydrogen-bond donors (Lipinski definition) is 1. The van der Waals surface area contributed by atoms with Crippen LogP contribution in [0.3, 0.4) is 0 Å². The lowest BCUT2D eigenvalue weighted by atomic mass is 10.0. The fourth-order valence-corrected chi connectivity index (χ4v) is 3.37. The number of benzene rings is 2. The van der Waals surface area contributed by atoms with E-state index in [1.807, 2.05) is 48.5 Å². The number of amides is 1. The molecule has 4 aromatic rings. The number of carbonyl (C=O) groups is 1. The van der Waals surface area contributed by atoms with E-state index >= 15 is 0 Å². The molecule has 2 aromatic heterocycles. The fraction of sp³-hybridized carbons (Fsp3) is 0.208. The summed E-state index contributed by atoms with van der Waals surface area (Å²) >= 11 is 0. The largest absolute Gasteiger partial charge is 0.493 e. The maximum absolute atomic E-state index is 12.8. The predicted molar refractivity (Wildman–Crippen MR) is 120 cm³/mol. The van der Waals surface area contributed by atoms with E-state index in [1.165, 1.54) is 5.56 Å². The van der Waals surface area contributed by atoms with Crippen molar-refractivity contribution in [3.05, 3.63) is 72.1 Å². The average molecular weight is 416 g/mol. The van der Waals surface area contributed by atoms with Gasteiger partial charge in [-0.3, -0.25) is 4.79 Å². The Bertz CT molecular complexity index is 1230. The van der Waals surface area contributed by atoms with Crippen molar-refractivity contribution in [2.24, 2.45) is 0 Å². The van der Waals surface area contributed by atoms with E-state index in [9.17, 15) is 4.79 Å². The second-order valence-electron chi connectivity index (χ2n) is 7.43. The minimum atomic E-state index is -0.291. The monoisotopic (exact) mass is 416 g/mol. The average Bonchev–Trinajstić information content (AvgIpc) is 3.23. The Morgan fingerprint density at radius 2 is 1.71 bits per heavy atom. The van der Waals surface area contributed by atoms with Gasteiger partial charge in [0.2, 0.25) is 0 Å². The van der Waals surface area contributed by atoms with Gasteiger partial charge >= 0.3 is 0 Å². The number of carbonyl (C=O) groups excluding carboxylic acids is 1. The topological polar surface area (TPSA) is 77.8 Å². The van der Waals surface area contributed by atoms with Crippen molar-refractivity contribution in [1.29, 1.82) is 0 Å². The van der Waals surface area contributed by atoms with Crippen LogP contribution in [0.5, 0.6) is 11.5 Å². The minimum absolute atomic E-state index is 0.286. The maximum atomic E-state index is 12.8. The summed E-state index contributed by atoms with van der Waals surface area (Å²) in [4.78, 5) is 17.1. The number of nitrogens with one attached hydrogen (secondary N) is 1. The second kappa shape index (κ2) is 8.47. The maximum Gasteiger partial charge on any atom is 0.276 e. The molecule has 0 aliphatic rings. The van der Waals surface area contributed by atoms with Crippen LogP contribution in [0.25, 0.3) is 16.9 Å². The molecule has 4 rings (SSSR count). The van der Waals surface area contributed by atoms with Crippen LogP contribution in [0.4, 0.5) is 5.69 Å². The molecule has 0 fully saturated rings. The molecule has 158 valence electrons. The molecule has 7 heteroatoms. The molecule has 0 atom stereocenters. The van der Waals surface area contributed by atoms with E-state index in [2.05, 4.69) is 29.2 Å². The van der Waals surface area contributed by atoms with Gasteiger partial charge in [0.1, 0.15) is 0 Å². The van der Waals surface area contributed by atoms with Crippen LogP contribution in [0.2, 0.25) is 0 Å². The summed E-state index contributed by atoms with van der Waals surface area (Å²) < 4.78 is 12.4. The first-order valence-corrected chi connectivity index (χ1v) is 9.98. The quantitative estimate of drug-likeness (QED) is 0.489. The van der Waals surface area contributed by atoms with Crippen molar-refractivity contribution in [3.63, 3.8) is 0 Å². The number of anilines is 1. The van der Waals surface area contributed by atoms with E-state index in [0.29, 0.717) is 23.1 Å². The van der Waals surface area contributed by atoms with E-state index in [1.54, 1.807) is 31.0 Å². The van der Waals surface area contributed by atoms with E-state index in [0.717, 1.165) is 16.9 Å². The molecule has 0 radical (unpaired) electrons. The molecule has 2 aromatic carbocycles. The van der Waals surface area contributed by atoms with E-state index in [-0.39, 0.29) is 11.6 Å². The number of aromatic nitrogens is 3. The fourth-order valence-electron chi connectivity index (χ4n) is 3.37. The van der Waals surface area contributed by atoms with Crippen molar-refractivity contribution >= 4 is 17.2 Å². The predicted octanol–water partition coefficient (Wildman–Crippen LogP) is 4.79. The van der Waals surface area contributed by atoms with Gasteiger partial charge in [0.05, 0.1) is 19.9 Å². The van der Waals surface area contributed by atoms with Crippen molar-refractivity contribution in [3.8, 4) is 22.8 Å². The summed E-state index contributed by atoms with van der Waals surface area (Å²) in [6.07, 6.45) is 1.69. The standard InChI is InChI=1S/C24H24N4O3/c1-15(2)16-5-8-18(9-6-16)26-24(29)19-14-23-25-12-11-20(28(23)27-19)17-7-10-21(30-3)22(13-17)31-4/h5-15H,1-4H3,(H,26,29). The first-order chi connectivity index (χ1) is 15.0. The third-order valence-corrected chi connectivity index (χ3v) is 5.11. The lowest BCUT2D eigenvalue weighted by molar-refractivity contribution is 0.102. The molecule has 0 unspecified atom stereocenters. The highest BCUT2D eigenvalue weighted by atomic mass is 16.5. The summed E-state index contributed by atoms with van der Waals surface area (Å²) in [5.74, 6) is 1.39. The molecule has 1 amide bonds. The molecule has 2 heterocycles. The van der Waals surface area contributed by atoms with Gasteiger partial charge in [0.25, 0.3) is 5.91 Å². The third-order valence-electron chi connectivity index (χ3n) is 5.11. The van der Waals surface area contributed by atoms with Crippen LogP contribution in [-0.2, 0) is 0 Å². The number of rotatable bonds is 6. The molecule has 0 spiro atoms. The van der Waals surface area contributed by atoms with Gasteiger partial charge < -0.3 is 14.8 Å². The van der Waals surface area contributed by atoms with Gasteiger partial charge in [-0.05, 0) is 47.9 Å². The number of hydrogen-bond acceptors (Lipinski definition) is 5. The molecule has 0 aliphatic heterocycles. The van der Waals surface area contributed by atoms with Gasteiger partial charge in [-0.25, -0.2) is 9.50 Å². The normalized spacial score (nSPS) is 11.0. The highest BCUT2D eigenvalue weighted by Crippen LogP contribution is 2.32. The van der Waals surface area contributed by atoms with Crippen molar-refractivity contribution < 1.29 is 14.3 Å². The summed E-state index contributed by atoms with van der Waals surface area (Å²) in [6, 6.07) is 16.9.